The molecule has 3 nitrogen and oxygen atoms in total. The number of rotatable bonds is 3. The average Bonchev–Trinajstić information content (AvgIpc) is 2.33. The van der Waals surface area contributed by atoms with Gasteiger partial charge in [0.15, 0.2) is 23.3 Å². The van der Waals surface area contributed by atoms with Gasteiger partial charge in [-0.15, -0.1) is 0 Å². The highest BCUT2D eigenvalue weighted by Gasteiger charge is 2.29. The van der Waals surface area contributed by atoms with Crippen LogP contribution in [-0.4, -0.2) is 5.91 Å². The summed E-state index contributed by atoms with van der Waals surface area (Å²) >= 11 is 5.05. The minimum absolute atomic E-state index is 0.0488. The van der Waals surface area contributed by atoms with E-state index in [2.05, 4.69) is 0 Å². The van der Waals surface area contributed by atoms with E-state index >= 15 is 0 Å². The van der Waals surface area contributed by atoms with Gasteiger partial charge in [0.05, 0.1) is 0 Å². The third kappa shape index (κ3) is 2.98. The lowest BCUT2D eigenvalue weighted by Crippen LogP contribution is -2.39. The molecule has 0 heterocycles. The van der Waals surface area contributed by atoms with Crippen LogP contribution in [0.25, 0.3) is 0 Å². The van der Waals surface area contributed by atoms with Crippen LogP contribution in [0.3, 0.4) is 0 Å². The first-order valence-corrected chi connectivity index (χ1v) is 5.65. The molecule has 0 aliphatic rings. The van der Waals surface area contributed by atoms with Gasteiger partial charge in [0.25, 0.3) is 0 Å². The molecular weight excluding hydrogens is 288 g/mol. The molecule has 0 fully saturated rings. The molecule has 0 radical (unpaired) electrons. The molecule has 0 bridgehead atoms. The molecule has 1 amide bonds. The van der Waals surface area contributed by atoms with E-state index < -0.39 is 39.9 Å². The quantitative estimate of drug-likeness (QED) is 0.233. The highest BCUT2D eigenvalue weighted by atomic mass is 35.5. The fourth-order valence-electron chi connectivity index (χ4n) is 1.38. The number of hydrogen-bond acceptors (Lipinski definition) is 2. The minimum Gasteiger partial charge on any atom is -0.273 e. The standard InChI is InChI=1S/C11H11ClF4N2O/c1-4(2)3-5(19)18(17)11-9(15)7(13)6(12)8(14)10(11)16/h4H,3,17H2,1-2H3. The van der Waals surface area contributed by atoms with Gasteiger partial charge in [0.2, 0.25) is 5.91 Å². The number of anilines is 1. The molecule has 0 unspecified atom stereocenters. The lowest BCUT2D eigenvalue weighted by atomic mass is 10.1. The average molecular weight is 299 g/mol. The van der Waals surface area contributed by atoms with Crippen molar-refractivity contribution in [3.8, 4) is 0 Å². The van der Waals surface area contributed by atoms with Crippen LogP contribution in [0.1, 0.15) is 20.3 Å². The molecular formula is C11H11ClF4N2O. The maximum Gasteiger partial charge on any atom is 0.241 e. The van der Waals surface area contributed by atoms with Crippen LogP contribution >= 0.6 is 11.6 Å². The molecule has 106 valence electrons. The SMILES string of the molecule is CC(C)CC(=O)N(N)c1c(F)c(F)c(Cl)c(F)c1F. The second-order valence-corrected chi connectivity index (χ2v) is 4.66. The Morgan fingerprint density at radius 2 is 1.58 bits per heavy atom. The van der Waals surface area contributed by atoms with Crippen molar-refractivity contribution in [2.24, 2.45) is 11.8 Å². The lowest BCUT2D eigenvalue weighted by molar-refractivity contribution is -0.119. The van der Waals surface area contributed by atoms with Gasteiger partial charge in [-0.2, -0.15) is 0 Å². The smallest absolute Gasteiger partial charge is 0.241 e. The van der Waals surface area contributed by atoms with E-state index in [-0.39, 0.29) is 17.3 Å². The second-order valence-electron chi connectivity index (χ2n) is 4.28. The van der Waals surface area contributed by atoms with Crippen LogP contribution in [0.2, 0.25) is 5.02 Å². The van der Waals surface area contributed by atoms with Crippen molar-refractivity contribution in [2.45, 2.75) is 20.3 Å². The van der Waals surface area contributed by atoms with Crippen LogP contribution in [0.5, 0.6) is 0 Å². The molecule has 0 saturated heterocycles. The Morgan fingerprint density at radius 3 is 1.95 bits per heavy atom. The van der Waals surface area contributed by atoms with Crippen molar-refractivity contribution in [3.63, 3.8) is 0 Å². The Morgan fingerprint density at radius 1 is 1.16 bits per heavy atom. The van der Waals surface area contributed by atoms with Gasteiger partial charge in [0.1, 0.15) is 10.7 Å². The number of hydrogen-bond donors (Lipinski definition) is 1. The Labute approximate surface area is 111 Å². The topological polar surface area (TPSA) is 46.3 Å². The summed E-state index contributed by atoms with van der Waals surface area (Å²) < 4.78 is 53.4. The summed E-state index contributed by atoms with van der Waals surface area (Å²) in [6, 6.07) is 0. The largest absolute Gasteiger partial charge is 0.273 e. The van der Waals surface area contributed by atoms with Gasteiger partial charge in [-0.05, 0) is 5.92 Å². The summed E-state index contributed by atoms with van der Waals surface area (Å²) in [6.07, 6.45) is -0.138. The molecule has 0 aliphatic carbocycles. The Bertz CT molecular complexity index is 493. The van der Waals surface area contributed by atoms with Crippen LogP contribution < -0.4 is 10.9 Å². The zero-order chi connectivity index (χ0) is 14.9. The molecule has 0 aliphatic heterocycles. The number of hydrazine groups is 1. The number of benzene rings is 1. The van der Waals surface area contributed by atoms with Gasteiger partial charge >= 0.3 is 0 Å². The molecule has 0 saturated carbocycles. The van der Waals surface area contributed by atoms with Gasteiger partial charge in [0, 0.05) is 6.42 Å². The molecule has 0 spiro atoms. The molecule has 8 heteroatoms. The molecule has 1 aromatic carbocycles. The van der Waals surface area contributed by atoms with Gasteiger partial charge in [-0.25, -0.2) is 28.4 Å². The predicted octanol–water partition coefficient (Wildman–Crippen LogP) is 3.15. The van der Waals surface area contributed by atoms with Crippen LogP contribution in [0, 0.1) is 29.2 Å². The van der Waals surface area contributed by atoms with E-state index in [1.54, 1.807) is 13.8 Å². The Balaban J connectivity index is 3.31. The van der Waals surface area contributed by atoms with Crippen molar-refractivity contribution in [1.82, 2.24) is 0 Å². The van der Waals surface area contributed by atoms with E-state index in [0.29, 0.717) is 0 Å². The highest BCUT2D eigenvalue weighted by molar-refractivity contribution is 6.31. The summed E-state index contributed by atoms with van der Waals surface area (Å²) in [5.74, 6) is -3.06. The number of halogens is 5. The van der Waals surface area contributed by atoms with Crippen LogP contribution in [0.4, 0.5) is 23.2 Å². The molecule has 0 aromatic heterocycles. The third-order valence-corrected chi connectivity index (χ3v) is 2.61. The Kier molecular flexibility index (Phi) is 4.75. The van der Waals surface area contributed by atoms with E-state index in [0.717, 1.165) is 0 Å². The molecule has 2 N–H and O–H groups in total. The molecule has 1 rings (SSSR count). The first-order valence-electron chi connectivity index (χ1n) is 5.27. The van der Waals surface area contributed by atoms with Crippen molar-refractivity contribution in [1.29, 1.82) is 0 Å². The van der Waals surface area contributed by atoms with Crippen molar-refractivity contribution < 1.29 is 22.4 Å². The normalized spacial score (nSPS) is 11.0. The first kappa shape index (κ1) is 15.7. The third-order valence-electron chi connectivity index (χ3n) is 2.28. The van der Waals surface area contributed by atoms with Crippen LogP contribution in [0.15, 0.2) is 0 Å². The van der Waals surface area contributed by atoms with Gasteiger partial charge < -0.3 is 0 Å². The summed E-state index contributed by atoms with van der Waals surface area (Å²) in [5.41, 5.74) is -1.30. The summed E-state index contributed by atoms with van der Waals surface area (Å²) in [7, 11) is 0. The van der Waals surface area contributed by atoms with Crippen molar-refractivity contribution in [3.05, 3.63) is 28.3 Å². The van der Waals surface area contributed by atoms with E-state index in [4.69, 9.17) is 17.4 Å². The van der Waals surface area contributed by atoms with Gasteiger partial charge in [-0.1, -0.05) is 25.4 Å². The zero-order valence-corrected chi connectivity index (χ0v) is 10.9. The van der Waals surface area contributed by atoms with Crippen molar-refractivity contribution >= 4 is 23.2 Å². The zero-order valence-electron chi connectivity index (χ0n) is 10.1. The summed E-state index contributed by atoms with van der Waals surface area (Å²) in [4.78, 5) is 11.6. The van der Waals surface area contributed by atoms with Crippen LogP contribution in [-0.2, 0) is 4.79 Å². The first-order chi connectivity index (χ1) is 8.68. The number of carbonyl (C=O) groups is 1. The number of amides is 1. The number of carbonyl (C=O) groups excluding carboxylic acids is 1. The Hall–Kier alpha value is -1.34. The van der Waals surface area contributed by atoms with Gasteiger partial charge in [-0.3, -0.25) is 4.79 Å². The molecule has 19 heavy (non-hydrogen) atoms. The predicted molar refractivity (Wildman–Crippen MR) is 62.4 cm³/mol. The van der Waals surface area contributed by atoms with E-state index in [9.17, 15) is 22.4 Å². The minimum atomic E-state index is -1.82. The lowest BCUT2D eigenvalue weighted by Gasteiger charge is -2.19. The number of nitrogens with two attached hydrogens (primary N) is 1. The maximum absolute atomic E-state index is 13.5. The fraction of sp³-hybridized carbons (Fsp3) is 0.364. The molecule has 1 aromatic rings. The number of nitrogens with zero attached hydrogens (tertiary/aromatic N) is 1. The highest BCUT2D eigenvalue weighted by Crippen LogP contribution is 2.32. The van der Waals surface area contributed by atoms with E-state index in [1.165, 1.54) is 0 Å². The summed E-state index contributed by atoms with van der Waals surface area (Å²) in [5, 5.41) is -1.28. The summed E-state index contributed by atoms with van der Waals surface area (Å²) in [6.45, 7) is 3.34. The second kappa shape index (κ2) is 5.75. The fourth-order valence-corrected chi connectivity index (χ4v) is 1.54. The maximum atomic E-state index is 13.5. The monoisotopic (exact) mass is 298 g/mol. The van der Waals surface area contributed by atoms with Crippen molar-refractivity contribution in [2.75, 3.05) is 5.01 Å². The van der Waals surface area contributed by atoms with E-state index in [1.807, 2.05) is 0 Å². The molecule has 0 atom stereocenters.